The number of rotatable bonds is 7. The number of hydrogen-bond donors (Lipinski definition) is 1. The fraction of sp³-hybridized carbons (Fsp3) is 0.455. The molecule has 0 aromatic heterocycles. The summed E-state index contributed by atoms with van der Waals surface area (Å²) in [7, 11) is -6.70. The summed E-state index contributed by atoms with van der Waals surface area (Å²) < 4.78 is 50.2. The van der Waals surface area contributed by atoms with Crippen LogP contribution in [0.2, 0.25) is 0 Å². The molecular weight excluding hydrogens is 290 g/mol. The average molecular weight is 307 g/mol. The summed E-state index contributed by atoms with van der Waals surface area (Å²) in [6.07, 6.45) is 1.01. The van der Waals surface area contributed by atoms with Gasteiger partial charge in [-0.3, -0.25) is 0 Å². The minimum atomic E-state index is -3.42. The third-order valence-corrected chi connectivity index (χ3v) is 5.13. The van der Waals surface area contributed by atoms with E-state index in [-0.39, 0.29) is 23.9 Å². The van der Waals surface area contributed by atoms with E-state index in [1.807, 2.05) is 0 Å². The zero-order chi connectivity index (χ0) is 14.5. The van der Waals surface area contributed by atoms with E-state index in [2.05, 4.69) is 0 Å². The van der Waals surface area contributed by atoms with E-state index in [4.69, 9.17) is 10.5 Å². The number of sulfone groups is 2. The molecule has 1 rings (SSSR count). The van der Waals surface area contributed by atoms with Crippen molar-refractivity contribution in [2.75, 3.05) is 35.9 Å². The van der Waals surface area contributed by atoms with Crippen LogP contribution in [0.3, 0.4) is 0 Å². The quantitative estimate of drug-likeness (QED) is 0.717. The van der Waals surface area contributed by atoms with Crippen LogP contribution in [0.5, 0.6) is 5.75 Å². The normalized spacial score (nSPS) is 12.3. The molecule has 0 amide bonds. The van der Waals surface area contributed by atoms with Crippen LogP contribution in [0, 0.1) is 0 Å². The van der Waals surface area contributed by atoms with Crippen molar-refractivity contribution in [3.8, 4) is 5.75 Å². The topological polar surface area (TPSA) is 104 Å². The summed E-state index contributed by atoms with van der Waals surface area (Å²) in [6.45, 7) is -0.0178. The second-order valence-electron chi connectivity index (χ2n) is 4.20. The lowest BCUT2D eigenvalue weighted by molar-refractivity contribution is 0.341. The van der Waals surface area contributed by atoms with Crippen molar-refractivity contribution in [2.24, 2.45) is 0 Å². The van der Waals surface area contributed by atoms with Gasteiger partial charge in [0.2, 0.25) is 0 Å². The van der Waals surface area contributed by atoms with Crippen molar-refractivity contribution in [1.29, 1.82) is 0 Å². The Morgan fingerprint density at radius 1 is 1.00 bits per heavy atom. The maximum absolute atomic E-state index is 11.6. The molecule has 6 nitrogen and oxygen atoms in total. The van der Waals surface area contributed by atoms with Crippen LogP contribution in [0.4, 0.5) is 5.69 Å². The highest BCUT2D eigenvalue weighted by molar-refractivity contribution is 7.94. The molecule has 0 unspecified atom stereocenters. The van der Waals surface area contributed by atoms with Crippen LogP contribution in [-0.4, -0.2) is 47.0 Å². The molecule has 0 saturated heterocycles. The summed E-state index contributed by atoms with van der Waals surface area (Å²) in [4.78, 5) is 0. The Hall–Kier alpha value is -1.28. The van der Waals surface area contributed by atoms with E-state index in [9.17, 15) is 16.8 Å². The molecule has 19 heavy (non-hydrogen) atoms. The first-order valence-electron chi connectivity index (χ1n) is 5.54. The molecule has 0 radical (unpaired) electrons. The second kappa shape index (κ2) is 6.25. The number of ether oxygens (including phenoxy) is 1. The van der Waals surface area contributed by atoms with Gasteiger partial charge >= 0.3 is 0 Å². The van der Waals surface area contributed by atoms with Gasteiger partial charge in [-0.1, -0.05) is 0 Å². The van der Waals surface area contributed by atoms with Gasteiger partial charge < -0.3 is 10.5 Å². The van der Waals surface area contributed by atoms with Crippen molar-refractivity contribution in [3.63, 3.8) is 0 Å². The van der Waals surface area contributed by atoms with Gasteiger partial charge in [0.25, 0.3) is 0 Å². The van der Waals surface area contributed by atoms with E-state index in [0.717, 1.165) is 6.26 Å². The van der Waals surface area contributed by atoms with Gasteiger partial charge in [0.15, 0.2) is 9.84 Å². The van der Waals surface area contributed by atoms with Gasteiger partial charge in [-0.15, -0.1) is 0 Å². The number of nitrogen functional groups attached to an aromatic ring is 1. The molecule has 0 bridgehead atoms. The minimum absolute atomic E-state index is 0.0178. The summed E-state index contributed by atoms with van der Waals surface area (Å²) in [5, 5.41) is 0. The maximum atomic E-state index is 11.6. The molecule has 0 spiro atoms. The molecule has 8 heteroatoms. The van der Waals surface area contributed by atoms with Crippen LogP contribution in [-0.2, 0) is 19.7 Å². The maximum Gasteiger partial charge on any atom is 0.154 e. The van der Waals surface area contributed by atoms with Crippen LogP contribution in [0.25, 0.3) is 0 Å². The molecular formula is C11H17NO5S2. The zero-order valence-corrected chi connectivity index (χ0v) is 12.2. The Labute approximate surface area is 113 Å². The summed E-state index contributed by atoms with van der Waals surface area (Å²) >= 11 is 0. The third kappa shape index (κ3) is 7.02. The van der Waals surface area contributed by atoms with E-state index >= 15 is 0 Å². The standard InChI is InChI=1S/C11H17NO5S2/c1-18(13,14)8-9-19(15,16)7-6-17-11-4-2-10(12)3-5-11/h2-5H,6-9,12H2,1H3. The van der Waals surface area contributed by atoms with Crippen LogP contribution < -0.4 is 10.5 Å². The molecule has 0 heterocycles. The van der Waals surface area contributed by atoms with Crippen molar-refractivity contribution in [1.82, 2.24) is 0 Å². The smallest absolute Gasteiger partial charge is 0.154 e. The SMILES string of the molecule is CS(=O)(=O)CCS(=O)(=O)CCOc1ccc(N)cc1. The van der Waals surface area contributed by atoms with Crippen molar-refractivity contribution in [3.05, 3.63) is 24.3 Å². The largest absolute Gasteiger partial charge is 0.493 e. The van der Waals surface area contributed by atoms with Crippen LogP contribution in [0.1, 0.15) is 0 Å². The number of nitrogens with two attached hydrogens (primary N) is 1. The highest BCUT2D eigenvalue weighted by Crippen LogP contribution is 2.12. The van der Waals surface area contributed by atoms with Crippen molar-refractivity contribution in [2.45, 2.75) is 0 Å². The highest BCUT2D eigenvalue weighted by atomic mass is 32.2. The number of benzene rings is 1. The predicted molar refractivity (Wildman–Crippen MR) is 74.7 cm³/mol. The first kappa shape index (κ1) is 15.8. The van der Waals surface area contributed by atoms with Gasteiger partial charge in [-0.2, -0.15) is 0 Å². The van der Waals surface area contributed by atoms with E-state index in [0.29, 0.717) is 11.4 Å². The molecule has 1 aromatic carbocycles. The molecule has 2 N–H and O–H groups in total. The van der Waals surface area contributed by atoms with Crippen molar-refractivity contribution >= 4 is 25.4 Å². The van der Waals surface area contributed by atoms with E-state index in [1.165, 1.54) is 0 Å². The Kier molecular flexibility index (Phi) is 5.19. The average Bonchev–Trinajstić information content (AvgIpc) is 2.29. The van der Waals surface area contributed by atoms with Crippen molar-refractivity contribution < 1.29 is 21.6 Å². The monoisotopic (exact) mass is 307 g/mol. The molecule has 0 aliphatic rings. The molecule has 1 aromatic rings. The van der Waals surface area contributed by atoms with Gasteiger partial charge in [0, 0.05) is 11.9 Å². The fourth-order valence-electron chi connectivity index (χ4n) is 1.23. The minimum Gasteiger partial charge on any atom is -0.493 e. The van der Waals surface area contributed by atoms with Gasteiger partial charge in [0.1, 0.15) is 22.2 Å². The van der Waals surface area contributed by atoms with E-state index in [1.54, 1.807) is 24.3 Å². The predicted octanol–water partition coefficient (Wildman–Crippen LogP) is 0.107. The molecule has 0 fully saturated rings. The Morgan fingerprint density at radius 2 is 1.58 bits per heavy atom. The molecule has 0 atom stereocenters. The summed E-state index contributed by atoms with van der Waals surface area (Å²) in [5.74, 6) is -0.436. The Bertz CT molecular complexity index is 605. The molecule has 0 aliphatic carbocycles. The van der Waals surface area contributed by atoms with Crippen LogP contribution >= 0.6 is 0 Å². The van der Waals surface area contributed by atoms with Crippen LogP contribution in [0.15, 0.2) is 24.3 Å². The lowest BCUT2D eigenvalue weighted by Crippen LogP contribution is -2.22. The Morgan fingerprint density at radius 3 is 2.11 bits per heavy atom. The lowest BCUT2D eigenvalue weighted by Gasteiger charge is -2.07. The summed E-state index contributed by atoms with van der Waals surface area (Å²) in [6, 6.07) is 6.57. The van der Waals surface area contributed by atoms with E-state index < -0.39 is 19.7 Å². The van der Waals surface area contributed by atoms with Gasteiger partial charge in [0.05, 0.1) is 17.3 Å². The molecule has 108 valence electrons. The zero-order valence-electron chi connectivity index (χ0n) is 10.6. The first-order chi connectivity index (χ1) is 8.68. The number of hydrogen-bond acceptors (Lipinski definition) is 6. The third-order valence-electron chi connectivity index (χ3n) is 2.31. The fourth-order valence-corrected chi connectivity index (χ4v) is 4.00. The lowest BCUT2D eigenvalue weighted by atomic mass is 10.3. The first-order valence-corrected chi connectivity index (χ1v) is 9.43. The second-order valence-corrected chi connectivity index (χ2v) is 8.76. The Balaban J connectivity index is 2.41. The highest BCUT2D eigenvalue weighted by Gasteiger charge is 2.14. The summed E-state index contributed by atoms with van der Waals surface area (Å²) in [5.41, 5.74) is 6.09. The van der Waals surface area contributed by atoms with Gasteiger partial charge in [-0.05, 0) is 24.3 Å². The van der Waals surface area contributed by atoms with Gasteiger partial charge in [-0.25, -0.2) is 16.8 Å². The molecule has 0 saturated carbocycles. The number of anilines is 1. The molecule has 0 aliphatic heterocycles.